The van der Waals surface area contributed by atoms with Gasteiger partial charge in [-0.05, 0) is 23.3 Å². The van der Waals surface area contributed by atoms with Crippen LogP contribution in [0.15, 0.2) is 60.0 Å². The van der Waals surface area contributed by atoms with E-state index in [1.807, 2.05) is 54.6 Å². The van der Waals surface area contributed by atoms with Gasteiger partial charge in [0.25, 0.3) is 0 Å². The summed E-state index contributed by atoms with van der Waals surface area (Å²) in [4.78, 5) is 2.20. The highest BCUT2D eigenvalue weighted by Crippen LogP contribution is 2.28. The fourth-order valence-corrected chi connectivity index (χ4v) is 4.13. The smallest absolute Gasteiger partial charge is 0.233 e. The van der Waals surface area contributed by atoms with Crippen molar-refractivity contribution in [2.75, 3.05) is 32.8 Å². The van der Waals surface area contributed by atoms with Crippen LogP contribution in [0.4, 0.5) is 0 Å². The molecule has 1 atom stereocenters. The molecule has 1 aliphatic rings. The van der Waals surface area contributed by atoms with Crippen LogP contribution in [0, 0.1) is 0 Å². The van der Waals surface area contributed by atoms with E-state index in [0.29, 0.717) is 18.2 Å². The monoisotopic (exact) mass is 406 g/mol. The molecule has 3 rings (SSSR count). The Labute approximate surface area is 165 Å². The Morgan fingerprint density at radius 3 is 2.44 bits per heavy atom. The van der Waals surface area contributed by atoms with Crippen molar-refractivity contribution in [3.63, 3.8) is 0 Å². The number of halogens is 1. The normalized spacial score (nSPS) is 17.2. The number of sulfonamides is 1. The van der Waals surface area contributed by atoms with Gasteiger partial charge in [0.15, 0.2) is 0 Å². The van der Waals surface area contributed by atoms with Gasteiger partial charge in [0.05, 0.1) is 13.2 Å². The molecule has 2 aromatic carbocycles. The first-order valence-corrected chi connectivity index (χ1v) is 10.8. The number of morpholine rings is 1. The predicted octanol–water partition coefficient (Wildman–Crippen LogP) is 3.30. The molecule has 0 spiro atoms. The summed E-state index contributed by atoms with van der Waals surface area (Å²) in [6, 6.07) is 16.7. The van der Waals surface area contributed by atoms with Crippen LogP contribution in [0.3, 0.4) is 0 Å². The first kappa shape index (κ1) is 20.0. The average Bonchev–Trinajstić information content (AvgIpc) is 2.70. The summed E-state index contributed by atoms with van der Waals surface area (Å²) >= 11 is 6.38. The van der Waals surface area contributed by atoms with Crippen molar-refractivity contribution in [2.45, 2.75) is 6.04 Å². The number of rotatable bonds is 7. The quantitative estimate of drug-likeness (QED) is 0.766. The highest BCUT2D eigenvalue weighted by Gasteiger charge is 2.25. The average molecular weight is 407 g/mol. The highest BCUT2D eigenvalue weighted by atomic mass is 35.5. The first-order valence-electron chi connectivity index (χ1n) is 8.84. The molecule has 0 aliphatic carbocycles. The Hall–Kier alpha value is -1.70. The molecular weight excluding hydrogens is 384 g/mol. The van der Waals surface area contributed by atoms with Crippen molar-refractivity contribution in [2.24, 2.45) is 0 Å². The molecular formula is C20H23ClN2O3S. The molecule has 2 aromatic rings. The van der Waals surface area contributed by atoms with Crippen molar-refractivity contribution in [1.29, 1.82) is 0 Å². The zero-order valence-corrected chi connectivity index (χ0v) is 16.5. The molecule has 1 unspecified atom stereocenters. The van der Waals surface area contributed by atoms with Crippen LogP contribution < -0.4 is 4.72 Å². The Morgan fingerprint density at radius 2 is 1.74 bits per heavy atom. The van der Waals surface area contributed by atoms with Gasteiger partial charge >= 0.3 is 0 Å². The van der Waals surface area contributed by atoms with Crippen LogP contribution >= 0.6 is 11.6 Å². The standard InChI is InChI=1S/C20H23ClN2O3S/c21-19-9-5-4-8-18(19)20(23-11-13-26-14-12-23)16-22-27(24,25)15-10-17-6-2-1-3-7-17/h1-10,15,20,22H,11-14,16H2. The minimum absolute atomic E-state index is 0.150. The number of ether oxygens (including phenoxy) is 1. The zero-order chi connectivity index (χ0) is 19.1. The molecule has 1 aliphatic heterocycles. The van der Waals surface area contributed by atoms with E-state index in [-0.39, 0.29) is 12.6 Å². The van der Waals surface area contributed by atoms with Gasteiger partial charge in [0.2, 0.25) is 10.0 Å². The minimum Gasteiger partial charge on any atom is -0.379 e. The van der Waals surface area contributed by atoms with E-state index in [4.69, 9.17) is 16.3 Å². The molecule has 0 amide bonds. The van der Waals surface area contributed by atoms with Crippen LogP contribution in [0.25, 0.3) is 6.08 Å². The van der Waals surface area contributed by atoms with Gasteiger partial charge < -0.3 is 4.74 Å². The summed E-state index contributed by atoms with van der Waals surface area (Å²) < 4.78 is 33.0. The summed E-state index contributed by atoms with van der Waals surface area (Å²) in [7, 11) is -3.57. The molecule has 144 valence electrons. The Morgan fingerprint density at radius 1 is 1.07 bits per heavy atom. The predicted molar refractivity (Wildman–Crippen MR) is 109 cm³/mol. The Balaban J connectivity index is 1.74. The maximum absolute atomic E-state index is 12.4. The number of nitrogens with one attached hydrogen (secondary N) is 1. The van der Waals surface area contributed by atoms with Gasteiger partial charge in [0.1, 0.15) is 0 Å². The van der Waals surface area contributed by atoms with Gasteiger partial charge in [-0.1, -0.05) is 60.1 Å². The number of nitrogens with zero attached hydrogens (tertiary/aromatic N) is 1. The SMILES string of the molecule is O=S(=O)(C=Cc1ccccc1)NCC(c1ccccc1Cl)N1CCOCC1. The highest BCUT2D eigenvalue weighted by molar-refractivity contribution is 7.92. The largest absolute Gasteiger partial charge is 0.379 e. The number of hydrogen-bond acceptors (Lipinski definition) is 4. The van der Waals surface area contributed by atoms with Crippen LogP contribution in [-0.2, 0) is 14.8 Å². The maximum Gasteiger partial charge on any atom is 0.233 e. The fourth-order valence-electron chi connectivity index (χ4n) is 3.05. The van der Waals surface area contributed by atoms with Crippen molar-refractivity contribution < 1.29 is 13.2 Å². The number of benzene rings is 2. The summed E-state index contributed by atoms with van der Waals surface area (Å²) in [5.41, 5.74) is 1.74. The maximum atomic E-state index is 12.4. The van der Waals surface area contributed by atoms with Crippen molar-refractivity contribution in [3.05, 3.63) is 76.2 Å². The van der Waals surface area contributed by atoms with E-state index in [1.165, 1.54) is 5.41 Å². The van der Waals surface area contributed by atoms with Crippen molar-refractivity contribution in [1.82, 2.24) is 9.62 Å². The van der Waals surface area contributed by atoms with Gasteiger partial charge in [-0.3, -0.25) is 4.90 Å². The van der Waals surface area contributed by atoms with Crippen molar-refractivity contribution in [3.8, 4) is 0 Å². The second kappa shape index (κ2) is 9.48. The first-order chi connectivity index (χ1) is 13.1. The second-order valence-corrected chi connectivity index (χ2v) is 8.35. The third-order valence-electron chi connectivity index (χ3n) is 4.47. The van der Waals surface area contributed by atoms with E-state index in [1.54, 1.807) is 6.08 Å². The molecule has 0 aromatic heterocycles. The lowest BCUT2D eigenvalue weighted by Gasteiger charge is -2.35. The Bertz CT molecular complexity index is 866. The van der Waals surface area contributed by atoms with Gasteiger partial charge in [-0.25, -0.2) is 13.1 Å². The molecule has 1 N–H and O–H groups in total. The van der Waals surface area contributed by atoms with E-state index < -0.39 is 10.0 Å². The summed E-state index contributed by atoms with van der Waals surface area (Å²) in [6.45, 7) is 2.96. The second-order valence-electron chi connectivity index (χ2n) is 6.29. The Kier molecular flexibility index (Phi) is 7.04. The lowest BCUT2D eigenvalue weighted by Crippen LogP contribution is -2.43. The summed E-state index contributed by atoms with van der Waals surface area (Å²) in [5, 5.41) is 1.83. The van der Waals surface area contributed by atoms with Crippen LogP contribution in [0.1, 0.15) is 17.2 Å². The van der Waals surface area contributed by atoms with E-state index in [0.717, 1.165) is 24.2 Å². The molecule has 1 fully saturated rings. The van der Waals surface area contributed by atoms with Gasteiger partial charge in [-0.15, -0.1) is 0 Å². The number of hydrogen-bond donors (Lipinski definition) is 1. The van der Waals surface area contributed by atoms with Crippen LogP contribution in [0.5, 0.6) is 0 Å². The molecule has 27 heavy (non-hydrogen) atoms. The molecule has 0 radical (unpaired) electrons. The van der Waals surface area contributed by atoms with Crippen LogP contribution in [-0.4, -0.2) is 46.2 Å². The minimum atomic E-state index is -3.57. The van der Waals surface area contributed by atoms with E-state index >= 15 is 0 Å². The van der Waals surface area contributed by atoms with E-state index in [9.17, 15) is 8.42 Å². The van der Waals surface area contributed by atoms with Gasteiger partial charge in [-0.2, -0.15) is 0 Å². The summed E-state index contributed by atoms with van der Waals surface area (Å²) in [6.07, 6.45) is 1.58. The summed E-state index contributed by atoms with van der Waals surface area (Å²) in [5.74, 6) is 0. The third kappa shape index (κ3) is 5.89. The molecule has 1 saturated heterocycles. The van der Waals surface area contributed by atoms with Crippen molar-refractivity contribution >= 4 is 27.7 Å². The topological polar surface area (TPSA) is 58.6 Å². The molecule has 7 heteroatoms. The molecule has 0 bridgehead atoms. The van der Waals surface area contributed by atoms with E-state index in [2.05, 4.69) is 9.62 Å². The molecule has 0 saturated carbocycles. The fraction of sp³-hybridized carbons (Fsp3) is 0.300. The van der Waals surface area contributed by atoms with Gasteiger partial charge in [0, 0.05) is 36.1 Å². The lowest BCUT2D eigenvalue weighted by atomic mass is 10.0. The lowest BCUT2D eigenvalue weighted by molar-refractivity contribution is 0.0172. The molecule has 1 heterocycles. The third-order valence-corrected chi connectivity index (χ3v) is 5.88. The molecule has 5 nitrogen and oxygen atoms in total. The van der Waals surface area contributed by atoms with Crippen LogP contribution in [0.2, 0.25) is 5.02 Å². The zero-order valence-electron chi connectivity index (χ0n) is 14.9.